The van der Waals surface area contributed by atoms with E-state index in [0.717, 1.165) is 10.4 Å². The van der Waals surface area contributed by atoms with E-state index in [1.54, 1.807) is 68.3 Å². The molecule has 1 fully saturated rings. The van der Waals surface area contributed by atoms with Gasteiger partial charge in [0.1, 0.15) is 5.60 Å². The summed E-state index contributed by atoms with van der Waals surface area (Å²) in [5.41, 5.74) is 0.978. The lowest BCUT2D eigenvalue weighted by Gasteiger charge is -2.33. The number of amides is 1. The minimum Gasteiger partial charge on any atom is -0.444 e. The maximum atomic E-state index is 13.2. The molecule has 0 radical (unpaired) electrons. The fourth-order valence-electron chi connectivity index (χ4n) is 4.03. The summed E-state index contributed by atoms with van der Waals surface area (Å²) in [6, 6.07) is 12.8. The number of hydrogen-bond donors (Lipinski definition) is 1. The molecule has 39 heavy (non-hydrogen) atoms. The molecule has 3 aromatic rings. The van der Waals surface area contributed by atoms with Gasteiger partial charge in [-0.1, -0.05) is 17.4 Å². The van der Waals surface area contributed by atoms with E-state index in [2.05, 4.69) is 10.3 Å². The second-order valence-corrected chi connectivity index (χ2v) is 13.4. The molecule has 206 valence electrons. The van der Waals surface area contributed by atoms with Gasteiger partial charge in [-0.15, -0.1) is 0 Å². The first-order chi connectivity index (χ1) is 18.4. The van der Waals surface area contributed by atoms with Crippen molar-refractivity contribution in [3.05, 3.63) is 75.3 Å². The molecular weight excluding hydrogens is 540 g/mol. The van der Waals surface area contributed by atoms with Crippen LogP contribution in [0.4, 0.5) is 21.3 Å². The van der Waals surface area contributed by atoms with Gasteiger partial charge in [0.25, 0.3) is 5.69 Å². The summed E-state index contributed by atoms with van der Waals surface area (Å²) >= 11 is 1.42. The largest absolute Gasteiger partial charge is 0.444 e. The number of thiazole rings is 1. The smallest absolute Gasteiger partial charge is 0.410 e. The number of benzene rings is 2. The van der Waals surface area contributed by atoms with Gasteiger partial charge in [0.15, 0.2) is 15.0 Å². The van der Waals surface area contributed by atoms with Crippen LogP contribution in [-0.4, -0.2) is 53.3 Å². The van der Waals surface area contributed by atoms with E-state index in [1.807, 2.05) is 12.2 Å². The number of anilines is 2. The van der Waals surface area contributed by atoms with Crippen LogP contribution in [-0.2, 0) is 14.6 Å². The highest BCUT2D eigenvalue weighted by molar-refractivity contribution is 7.92. The molecule has 0 atom stereocenters. The van der Waals surface area contributed by atoms with Crippen molar-refractivity contribution < 1.29 is 22.9 Å². The molecule has 0 aliphatic carbocycles. The van der Waals surface area contributed by atoms with Crippen LogP contribution in [0.25, 0.3) is 12.2 Å². The maximum absolute atomic E-state index is 13.2. The fourth-order valence-corrected chi connectivity index (χ4v) is 6.50. The molecule has 12 heteroatoms. The van der Waals surface area contributed by atoms with E-state index in [1.165, 1.54) is 23.5 Å². The maximum Gasteiger partial charge on any atom is 0.410 e. The third-order valence-electron chi connectivity index (χ3n) is 6.03. The van der Waals surface area contributed by atoms with Crippen molar-refractivity contribution in [2.45, 2.75) is 49.4 Å². The van der Waals surface area contributed by atoms with Crippen LogP contribution in [0.15, 0.2) is 59.6 Å². The van der Waals surface area contributed by atoms with E-state index in [4.69, 9.17) is 4.74 Å². The van der Waals surface area contributed by atoms with Gasteiger partial charge < -0.3 is 15.0 Å². The number of hydrogen-bond acceptors (Lipinski definition) is 9. The molecule has 4 rings (SSSR count). The highest BCUT2D eigenvalue weighted by atomic mass is 32.2. The molecule has 0 saturated carbocycles. The third-order valence-corrected chi connectivity index (χ3v) is 9.19. The minimum absolute atomic E-state index is 0.0406. The van der Waals surface area contributed by atoms with Crippen LogP contribution in [0.5, 0.6) is 0 Å². The second kappa shape index (κ2) is 11.5. The highest BCUT2D eigenvalue weighted by Crippen LogP contribution is 2.28. The van der Waals surface area contributed by atoms with Gasteiger partial charge in [0.05, 0.1) is 15.1 Å². The zero-order valence-electron chi connectivity index (χ0n) is 21.9. The number of ether oxygens (including phenoxy) is 1. The molecule has 1 aliphatic rings. The first-order valence-electron chi connectivity index (χ1n) is 12.4. The average molecular weight is 571 g/mol. The number of nitrogens with one attached hydrogen (secondary N) is 1. The van der Waals surface area contributed by atoms with Crippen molar-refractivity contribution >= 4 is 55.9 Å². The Morgan fingerprint density at radius 1 is 1.10 bits per heavy atom. The van der Waals surface area contributed by atoms with Gasteiger partial charge in [-0.05, 0) is 81.7 Å². The van der Waals surface area contributed by atoms with Crippen LogP contribution in [0.2, 0.25) is 0 Å². The Morgan fingerprint density at radius 3 is 2.33 bits per heavy atom. The predicted molar refractivity (Wildman–Crippen MR) is 152 cm³/mol. The number of rotatable bonds is 7. The number of nitro groups is 1. The van der Waals surface area contributed by atoms with Crippen LogP contribution >= 0.6 is 11.3 Å². The first kappa shape index (κ1) is 28.2. The summed E-state index contributed by atoms with van der Waals surface area (Å²) in [7, 11) is -3.54. The zero-order chi connectivity index (χ0) is 28.2. The number of aromatic nitrogens is 1. The molecule has 0 unspecified atom stereocenters. The lowest BCUT2D eigenvalue weighted by atomic mass is 10.1. The Hall–Kier alpha value is -3.77. The highest BCUT2D eigenvalue weighted by Gasteiger charge is 2.34. The molecule has 1 aromatic heterocycles. The summed E-state index contributed by atoms with van der Waals surface area (Å²) in [5.74, 6) is 0. The molecule has 2 heterocycles. The van der Waals surface area contributed by atoms with Crippen LogP contribution < -0.4 is 5.32 Å². The van der Waals surface area contributed by atoms with Crippen molar-refractivity contribution in [1.29, 1.82) is 0 Å². The molecule has 0 spiro atoms. The topological polar surface area (TPSA) is 132 Å². The van der Waals surface area contributed by atoms with E-state index >= 15 is 0 Å². The van der Waals surface area contributed by atoms with Crippen LogP contribution in [0.1, 0.15) is 44.1 Å². The van der Waals surface area contributed by atoms with E-state index in [9.17, 15) is 23.3 Å². The Bertz CT molecular complexity index is 1450. The van der Waals surface area contributed by atoms with Gasteiger partial charge in [0, 0.05) is 42.0 Å². The van der Waals surface area contributed by atoms with Crippen LogP contribution in [0, 0.1) is 10.1 Å². The first-order valence-corrected chi connectivity index (χ1v) is 14.7. The van der Waals surface area contributed by atoms with Gasteiger partial charge in [-0.2, -0.15) is 0 Å². The van der Waals surface area contributed by atoms with Crippen molar-refractivity contribution in [1.82, 2.24) is 9.88 Å². The zero-order valence-corrected chi connectivity index (χ0v) is 23.5. The number of sulfone groups is 1. The summed E-state index contributed by atoms with van der Waals surface area (Å²) in [5, 5.41) is 14.0. The molecule has 1 saturated heterocycles. The van der Waals surface area contributed by atoms with Gasteiger partial charge >= 0.3 is 6.09 Å². The molecular formula is C27H30N4O6S2. The second-order valence-electron chi connectivity index (χ2n) is 10.1. The predicted octanol–water partition coefficient (Wildman–Crippen LogP) is 6.14. The minimum atomic E-state index is -3.54. The Kier molecular flexibility index (Phi) is 8.36. The summed E-state index contributed by atoms with van der Waals surface area (Å²) in [6.07, 6.45) is 5.72. The molecule has 1 amide bonds. The molecule has 2 aromatic carbocycles. The van der Waals surface area contributed by atoms with E-state index < -0.39 is 31.7 Å². The monoisotopic (exact) mass is 570 g/mol. The van der Waals surface area contributed by atoms with Crippen molar-refractivity contribution in [2.75, 3.05) is 18.4 Å². The van der Waals surface area contributed by atoms with Gasteiger partial charge in [0.2, 0.25) is 0 Å². The molecule has 0 bridgehead atoms. The Balaban J connectivity index is 1.33. The SMILES string of the molecule is CC(C)(C)OC(=O)N1CCC(S(=O)(=O)c2ccc(Nc3ncc(/C=C/c4ccc([N+](=O)[O-])cc4)s3)cc2)CC1. The lowest BCUT2D eigenvalue weighted by molar-refractivity contribution is -0.384. The normalized spacial score (nSPS) is 14.9. The summed E-state index contributed by atoms with van der Waals surface area (Å²) in [6.45, 7) is 6.08. The third kappa shape index (κ3) is 7.42. The number of likely N-dealkylation sites (tertiary alicyclic amines) is 1. The quantitative estimate of drug-likeness (QED) is 0.265. The molecule has 1 aliphatic heterocycles. The number of nitrogens with zero attached hydrogens (tertiary/aromatic N) is 3. The Labute approximate surface area is 231 Å². The molecule has 10 nitrogen and oxygen atoms in total. The summed E-state index contributed by atoms with van der Waals surface area (Å²) < 4.78 is 31.8. The van der Waals surface area contributed by atoms with E-state index in [0.29, 0.717) is 36.8 Å². The van der Waals surface area contributed by atoms with Gasteiger partial charge in [-0.25, -0.2) is 18.2 Å². The lowest BCUT2D eigenvalue weighted by Crippen LogP contribution is -2.44. The van der Waals surface area contributed by atoms with Gasteiger partial charge in [-0.3, -0.25) is 10.1 Å². The number of carbonyl (C=O) groups is 1. The fraction of sp³-hybridized carbons (Fsp3) is 0.333. The van der Waals surface area contributed by atoms with E-state index in [-0.39, 0.29) is 10.6 Å². The molecule has 1 N–H and O–H groups in total. The van der Waals surface area contributed by atoms with Crippen molar-refractivity contribution in [3.63, 3.8) is 0 Å². The standard InChI is InChI=1S/C27H30N4O6S2/c1-27(2,3)37-26(32)30-16-14-24(15-17-30)39(35,36)23-12-7-20(8-13-23)29-25-28-18-22(38-25)11-6-19-4-9-21(10-5-19)31(33)34/h4-13,18,24H,14-17H2,1-3H3,(H,28,29)/b11-6+. The number of carbonyl (C=O) groups excluding carboxylic acids is 1. The number of piperidine rings is 1. The number of nitro benzene ring substituents is 1. The van der Waals surface area contributed by atoms with Crippen molar-refractivity contribution in [3.8, 4) is 0 Å². The van der Waals surface area contributed by atoms with Crippen molar-refractivity contribution in [2.24, 2.45) is 0 Å². The van der Waals surface area contributed by atoms with Crippen LogP contribution in [0.3, 0.4) is 0 Å². The summed E-state index contributed by atoms with van der Waals surface area (Å²) in [4.78, 5) is 29.7. The Morgan fingerprint density at radius 2 is 1.74 bits per heavy atom. The number of non-ortho nitro benzene ring substituents is 1. The average Bonchev–Trinajstić information content (AvgIpc) is 3.34.